The Morgan fingerprint density at radius 3 is 2.38 bits per heavy atom. The van der Waals surface area contributed by atoms with E-state index in [1.165, 1.54) is 25.9 Å². The normalized spacial score (nSPS) is 14.5. The van der Waals surface area contributed by atoms with Gasteiger partial charge in [-0.1, -0.05) is 42.5 Å². The SMILES string of the molecule is NS(=O)(=O)c1ccc(-c2cnn3cc(-c4ccc(OCCN5CCCC5)cc4)cnc23)c2ccccc12. The summed E-state index contributed by atoms with van der Waals surface area (Å²) in [5.41, 5.74) is 4.28. The third kappa shape index (κ3) is 4.69. The lowest BCUT2D eigenvalue weighted by atomic mass is 10.00. The minimum Gasteiger partial charge on any atom is -0.492 e. The van der Waals surface area contributed by atoms with E-state index in [0.29, 0.717) is 17.6 Å². The predicted octanol–water partition coefficient (Wildman–Crippen LogP) is 4.34. The van der Waals surface area contributed by atoms with Crippen molar-refractivity contribution >= 4 is 26.4 Å². The van der Waals surface area contributed by atoms with Crippen LogP contribution in [0.25, 0.3) is 38.7 Å². The average Bonchev–Trinajstić information content (AvgIpc) is 3.58. The average molecular weight is 514 g/mol. The van der Waals surface area contributed by atoms with Gasteiger partial charge in [0.05, 0.1) is 11.1 Å². The highest BCUT2D eigenvalue weighted by molar-refractivity contribution is 7.89. The number of sulfonamides is 1. The van der Waals surface area contributed by atoms with Crippen LogP contribution < -0.4 is 9.88 Å². The van der Waals surface area contributed by atoms with Crippen molar-refractivity contribution in [2.45, 2.75) is 17.7 Å². The van der Waals surface area contributed by atoms with Gasteiger partial charge in [0.1, 0.15) is 12.4 Å². The van der Waals surface area contributed by atoms with Gasteiger partial charge in [-0.25, -0.2) is 23.1 Å². The maximum absolute atomic E-state index is 12.1. The van der Waals surface area contributed by atoms with Crippen LogP contribution in [0.2, 0.25) is 0 Å². The molecule has 0 atom stereocenters. The number of benzene rings is 3. The van der Waals surface area contributed by atoms with Gasteiger partial charge in [-0.15, -0.1) is 0 Å². The monoisotopic (exact) mass is 513 g/mol. The number of hydrogen-bond acceptors (Lipinski definition) is 6. The maximum atomic E-state index is 12.1. The summed E-state index contributed by atoms with van der Waals surface area (Å²) < 4.78 is 31.9. The third-order valence-electron chi connectivity index (χ3n) is 6.90. The molecule has 0 spiro atoms. The van der Waals surface area contributed by atoms with Crippen LogP contribution in [0.4, 0.5) is 0 Å². The summed E-state index contributed by atoms with van der Waals surface area (Å²) in [5.74, 6) is 0.855. The van der Waals surface area contributed by atoms with Crippen LogP contribution in [0.3, 0.4) is 0 Å². The fourth-order valence-corrected chi connectivity index (χ4v) is 5.75. The molecule has 3 heterocycles. The number of fused-ring (bicyclic) bond motifs is 2. The lowest BCUT2D eigenvalue weighted by molar-refractivity contribution is 0.238. The molecular weight excluding hydrogens is 486 g/mol. The molecule has 1 aliphatic rings. The second-order valence-corrected chi connectivity index (χ2v) is 10.8. The summed E-state index contributed by atoms with van der Waals surface area (Å²) >= 11 is 0. The molecule has 1 saturated heterocycles. The van der Waals surface area contributed by atoms with Crippen molar-refractivity contribution in [2.24, 2.45) is 5.14 Å². The van der Waals surface area contributed by atoms with E-state index in [2.05, 4.69) is 10.00 Å². The highest BCUT2D eigenvalue weighted by Crippen LogP contribution is 2.34. The van der Waals surface area contributed by atoms with Crippen LogP contribution in [0.5, 0.6) is 5.75 Å². The largest absolute Gasteiger partial charge is 0.492 e. The fraction of sp³-hybridized carbons (Fsp3) is 0.214. The first-order valence-corrected chi connectivity index (χ1v) is 13.9. The molecule has 2 aromatic heterocycles. The molecule has 0 radical (unpaired) electrons. The van der Waals surface area contributed by atoms with Crippen LogP contribution in [-0.4, -0.2) is 54.2 Å². The number of hydrogen-bond donors (Lipinski definition) is 1. The number of likely N-dealkylation sites (tertiary alicyclic amines) is 1. The standard InChI is InChI=1S/C28H27N5O3S/c29-37(34,35)27-12-11-24(23-5-1-2-6-25(23)27)26-18-31-33-19-21(17-30-28(26)33)20-7-9-22(10-8-20)36-16-15-32-13-3-4-14-32/h1-2,5-12,17-19H,3-4,13-16H2,(H2,29,34,35). The van der Waals surface area contributed by atoms with E-state index < -0.39 is 10.0 Å². The van der Waals surface area contributed by atoms with Gasteiger partial charge < -0.3 is 4.74 Å². The second-order valence-electron chi connectivity index (χ2n) is 9.29. The van der Waals surface area contributed by atoms with Crippen LogP contribution in [0.15, 0.2) is 84.1 Å². The molecule has 0 saturated carbocycles. The van der Waals surface area contributed by atoms with Gasteiger partial charge in [0.2, 0.25) is 10.0 Å². The van der Waals surface area contributed by atoms with Gasteiger partial charge in [-0.05, 0) is 60.6 Å². The summed E-state index contributed by atoms with van der Waals surface area (Å²) in [6, 6.07) is 18.6. The summed E-state index contributed by atoms with van der Waals surface area (Å²) in [7, 11) is -3.85. The predicted molar refractivity (Wildman–Crippen MR) is 144 cm³/mol. The van der Waals surface area contributed by atoms with Gasteiger partial charge in [0.15, 0.2) is 5.65 Å². The van der Waals surface area contributed by atoms with Gasteiger partial charge in [0, 0.05) is 35.5 Å². The zero-order valence-corrected chi connectivity index (χ0v) is 21.1. The molecule has 0 amide bonds. The Hall–Kier alpha value is -3.79. The van der Waals surface area contributed by atoms with Crippen LogP contribution >= 0.6 is 0 Å². The Bertz CT molecular complexity index is 1690. The Morgan fingerprint density at radius 2 is 1.62 bits per heavy atom. The molecule has 6 rings (SSSR count). The van der Waals surface area contributed by atoms with Gasteiger partial charge in [-0.2, -0.15) is 5.10 Å². The maximum Gasteiger partial charge on any atom is 0.238 e. The summed E-state index contributed by atoms with van der Waals surface area (Å²) in [6.07, 6.45) is 8.08. The van der Waals surface area contributed by atoms with E-state index in [9.17, 15) is 8.42 Å². The molecule has 8 nitrogen and oxygen atoms in total. The molecule has 5 aromatic rings. The molecular formula is C28H27N5O3S. The first-order chi connectivity index (χ1) is 18.0. The molecule has 0 aliphatic carbocycles. The quantitative estimate of drug-likeness (QED) is 0.347. The smallest absolute Gasteiger partial charge is 0.238 e. The zero-order chi connectivity index (χ0) is 25.4. The van der Waals surface area contributed by atoms with Crippen molar-refractivity contribution in [3.63, 3.8) is 0 Å². The lowest BCUT2D eigenvalue weighted by Gasteiger charge is -2.15. The van der Waals surface area contributed by atoms with Crippen molar-refractivity contribution in [1.82, 2.24) is 19.5 Å². The van der Waals surface area contributed by atoms with E-state index in [0.717, 1.165) is 39.9 Å². The highest BCUT2D eigenvalue weighted by Gasteiger charge is 2.18. The second kappa shape index (κ2) is 9.59. The van der Waals surface area contributed by atoms with Crippen LogP contribution in [0.1, 0.15) is 12.8 Å². The Kier molecular flexibility index (Phi) is 6.11. The van der Waals surface area contributed by atoms with Gasteiger partial charge in [-0.3, -0.25) is 4.90 Å². The Balaban J connectivity index is 1.27. The van der Waals surface area contributed by atoms with Crippen molar-refractivity contribution < 1.29 is 13.2 Å². The number of nitrogens with two attached hydrogens (primary N) is 1. The molecule has 1 fully saturated rings. The molecule has 188 valence electrons. The molecule has 2 N–H and O–H groups in total. The Labute approximate surface area is 215 Å². The number of ether oxygens (including phenoxy) is 1. The number of aromatic nitrogens is 3. The van der Waals surface area contributed by atoms with Crippen LogP contribution in [-0.2, 0) is 10.0 Å². The Morgan fingerprint density at radius 1 is 0.865 bits per heavy atom. The third-order valence-corrected chi connectivity index (χ3v) is 7.87. The van der Waals surface area contributed by atoms with Crippen LogP contribution in [0, 0.1) is 0 Å². The van der Waals surface area contributed by atoms with Crippen molar-refractivity contribution in [2.75, 3.05) is 26.2 Å². The van der Waals surface area contributed by atoms with Crippen molar-refractivity contribution in [1.29, 1.82) is 0 Å². The van der Waals surface area contributed by atoms with E-state index in [-0.39, 0.29) is 4.90 Å². The number of nitrogens with zero attached hydrogens (tertiary/aromatic N) is 4. The molecule has 1 aliphatic heterocycles. The minimum atomic E-state index is -3.85. The topological polar surface area (TPSA) is 103 Å². The molecule has 3 aromatic carbocycles. The minimum absolute atomic E-state index is 0.0991. The summed E-state index contributed by atoms with van der Waals surface area (Å²) in [4.78, 5) is 7.24. The fourth-order valence-electron chi connectivity index (χ4n) is 5.01. The molecule has 0 unspecified atom stereocenters. The van der Waals surface area contributed by atoms with E-state index in [1.54, 1.807) is 35.0 Å². The highest BCUT2D eigenvalue weighted by atomic mass is 32.2. The van der Waals surface area contributed by atoms with E-state index in [1.807, 2.05) is 48.8 Å². The lowest BCUT2D eigenvalue weighted by Crippen LogP contribution is -2.25. The summed E-state index contributed by atoms with van der Waals surface area (Å²) in [6.45, 7) is 3.99. The number of rotatable bonds is 7. The molecule has 37 heavy (non-hydrogen) atoms. The van der Waals surface area contributed by atoms with Gasteiger partial charge >= 0.3 is 0 Å². The van der Waals surface area contributed by atoms with E-state index >= 15 is 0 Å². The molecule has 9 heteroatoms. The van der Waals surface area contributed by atoms with Gasteiger partial charge in [0.25, 0.3) is 0 Å². The number of primary sulfonamides is 1. The zero-order valence-electron chi connectivity index (χ0n) is 20.2. The van der Waals surface area contributed by atoms with Crippen molar-refractivity contribution in [3.8, 4) is 28.0 Å². The first kappa shape index (κ1) is 23.6. The van der Waals surface area contributed by atoms with Crippen molar-refractivity contribution in [3.05, 3.63) is 79.3 Å². The summed E-state index contributed by atoms with van der Waals surface area (Å²) in [5, 5.41) is 11.3. The van der Waals surface area contributed by atoms with E-state index in [4.69, 9.17) is 14.9 Å². The molecule has 0 bridgehead atoms. The first-order valence-electron chi connectivity index (χ1n) is 12.3.